The molecular weight excluding hydrogens is 484 g/mol. The van der Waals surface area contributed by atoms with Crippen molar-refractivity contribution in [1.29, 1.82) is 10.5 Å². The van der Waals surface area contributed by atoms with Gasteiger partial charge in [-0.1, -0.05) is 30.3 Å². The van der Waals surface area contributed by atoms with Gasteiger partial charge < -0.3 is 10.0 Å². The molecule has 0 aliphatic carbocycles. The van der Waals surface area contributed by atoms with E-state index in [1.165, 1.54) is 24.3 Å². The smallest absolute Gasteiger partial charge is 0.269 e. The molecule has 38 heavy (non-hydrogen) atoms. The minimum atomic E-state index is -0.491. The molecule has 0 fully saturated rings. The number of nitro benzene ring substituents is 1. The Kier molecular flexibility index (Phi) is 9.73. The topological polar surface area (TPSA) is 166 Å². The Labute approximate surface area is 220 Å². The Hall–Kier alpha value is -5.42. The number of aryl methyl sites for hydroxylation is 1. The van der Waals surface area contributed by atoms with E-state index in [2.05, 4.69) is 33.2 Å². The number of hydrogen-bond donors (Lipinski definition) is 2. The van der Waals surface area contributed by atoms with Crippen LogP contribution in [0.4, 0.5) is 17.1 Å². The van der Waals surface area contributed by atoms with Gasteiger partial charge in [0.05, 0.1) is 35.6 Å². The summed E-state index contributed by atoms with van der Waals surface area (Å²) in [7, 11) is 0. The predicted octanol–water partition coefficient (Wildman–Crippen LogP) is 3.62. The van der Waals surface area contributed by atoms with Gasteiger partial charge in [0.1, 0.15) is 0 Å². The molecule has 2 N–H and O–H groups in total. The van der Waals surface area contributed by atoms with Crippen molar-refractivity contribution < 1.29 is 10.0 Å². The molecule has 3 aromatic rings. The van der Waals surface area contributed by atoms with Crippen LogP contribution < -0.4 is 20.9 Å². The van der Waals surface area contributed by atoms with Gasteiger partial charge in [0.15, 0.2) is 5.84 Å². The summed E-state index contributed by atoms with van der Waals surface area (Å²) in [5, 5.41) is 49.8. The van der Waals surface area contributed by atoms with Crippen LogP contribution in [0.1, 0.15) is 29.5 Å². The highest BCUT2D eigenvalue weighted by Crippen LogP contribution is 2.21. The minimum absolute atomic E-state index is 0.0508. The van der Waals surface area contributed by atoms with Crippen LogP contribution in [0.3, 0.4) is 0 Å². The SMILES string of the molecule is Cc1cc(N(CCC#N)CCC#N)ccc1C(=NNc1ccc([N+](=O)[O-])cc1)NN=C([O-])c1ccccc1. The molecule has 0 aliphatic heterocycles. The molecule has 0 bridgehead atoms. The van der Waals surface area contributed by atoms with Gasteiger partial charge in [-0.25, -0.2) is 0 Å². The largest absolute Gasteiger partial charge is 0.857 e. The summed E-state index contributed by atoms with van der Waals surface area (Å²) in [4.78, 5) is 12.4. The highest BCUT2D eigenvalue weighted by Gasteiger charge is 2.12. The first-order chi connectivity index (χ1) is 18.4. The second-order valence-corrected chi connectivity index (χ2v) is 8.07. The van der Waals surface area contributed by atoms with Crippen molar-refractivity contribution in [2.24, 2.45) is 10.2 Å². The molecule has 0 radical (unpaired) electrons. The van der Waals surface area contributed by atoms with Crippen LogP contribution in [-0.4, -0.2) is 29.7 Å². The lowest BCUT2D eigenvalue weighted by Crippen LogP contribution is -2.28. The summed E-state index contributed by atoms with van der Waals surface area (Å²) in [5.41, 5.74) is 8.74. The van der Waals surface area contributed by atoms with Crippen molar-refractivity contribution in [3.05, 3.63) is 99.6 Å². The molecule has 11 nitrogen and oxygen atoms in total. The molecule has 0 saturated carbocycles. The first kappa shape index (κ1) is 27.2. The molecule has 0 unspecified atom stereocenters. The summed E-state index contributed by atoms with van der Waals surface area (Å²) in [5.74, 6) is -0.237. The van der Waals surface area contributed by atoms with Gasteiger partial charge in [0, 0.05) is 42.4 Å². The number of anilines is 2. The van der Waals surface area contributed by atoms with Crippen LogP contribution in [0.5, 0.6) is 0 Å². The van der Waals surface area contributed by atoms with Crippen molar-refractivity contribution in [2.75, 3.05) is 23.4 Å². The standard InChI is InChI=1S/C27H26N8O3/c1-20-19-24(34(17-5-15-28)18-6-16-29)13-14-25(20)26(32-33-27(36)21-7-3-2-4-8-21)31-30-22-9-11-23(12-10-22)35(37)38/h2-4,7-14,19,30H,5-6,17-18H2,1H3,(H,31,32)(H,33,36)/p-1. The van der Waals surface area contributed by atoms with Gasteiger partial charge in [0.2, 0.25) is 0 Å². The molecule has 0 saturated heterocycles. The maximum atomic E-state index is 12.6. The molecule has 0 aliphatic rings. The Morgan fingerprint density at radius 1 is 0.974 bits per heavy atom. The van der Waals surface area contributed by atoms with Gasteiger partial charge in [-0.2, -0.15) is 20.7 Å². The third kappa shape index (κ3) is 7.54. The zero-order chi connectivity index (χ0) is 27.3. The fraction of sp³-hybridized carbons (Fsp3) is 0.185. The maximum Gasteiger partial charge on any atom is 0.269 e. The van der Waals surface area contributed by atoms with Gasteiger partial charge in [-0.15, -0.1) is 0 Å². The van der Waals surface area contributed by atoms with Crippen LogP contribution in [0, 0.1) is 39.7 Å². The van der Waals surface area contributed by atoms with E-state index in [1.54, 1.807) is 30.3 Å². The molecular formula is C27H25N8O3-. The van der Waals surface area contributed by atoms with Gasteiger partial charge in [-0.05, 0) is 48.4 Å². The number of nitrogens with one attached hydrogen (secondary N) is 2. The number of hydrogen-bond acceptors (Lipinski definition) is 9. The molecule has 3 rings (SSSR count). The van der Waals surface area contributed by atoms with E-state index in [0.717, 1.165) is 11.3 Å². The molecule has 192 valence electrons. The van der Waals surface area contributed by atoms with Crippen molar-refractivity contribution in [3.63, 3.8) is 0 Å². The molecule has 0 spiro atoms. The minimum Gasteiger partial charge on any atom is -0.857 e. The molecule has 0 heterocycles. The quantitative estimate of drug-likeness (QED) is 0.171. The van der Waals surface area contributed by atoms with E-state index < -0.39 is 10.8 Å². The Bertz CT molecular complexity index is 1370. The van der Waals surface area contributed by atoms with Crippen molar-refractivity contribution >= 4 is 28.8 Å². The molecule has 0 aromatic heterocycles. The van der Waals surface area contributed by atoms with Gasteiger partial charge >= 0.3 is 0 Å². The van der Waals surface area contributed by atoms with Crippen molar-refractivity contribution in [3.8, 4) is 12.1 Å². The van der Waals surface area contributed by atoms with E-state index in [4.69, 9.17) is 10.5 Å². The number of amidine groups is 1. The summed E-state index contributed by atoms with van der Waals surface area (Å²) >= 11 is 0. The van der Waals surface area contributed by atoms with Crippen LogP contribution in [0.15, 0.2) is 83.0 Å². The molecule has 11 heteroatoms. The van der Waals surface area contributed by atoms with Gasteiger partial charge in [-0.3, -0.25) is 21.0 Å². The Morgan fingerprint density at radius 3 is 2.21 bits per heavy atom. The average molecular weight is 510 g/mol. The van der Waals surface area contributed by atoms with Crippen LogP contribution in [-0.2, 0) is 0 Å². The zero-order valence-electron chi connectivity index (χ0n) is 20.7. The number of rotatable bonds is 11. The molecule has 3 aromatic carbocycles. The number of benzene rings is 3. The van der Waals surface area contributed by atoms with E-state index in [-0.39, 0.29) is 11.5 Å². The Balaban J connectivity index is 1.93. The zero-order valence-corrected chi connectivity index (χ0v) is 20.7. The summed E-state index contributed by atoms with van der Waals surface area (Å²) < 4.78 is 0. The van der Waals surface area contributed by atoms with Gasteiger partial charge in [0.25, 0.3) is 5.69 Å². The van der Waals surface area contributed by atoms with E-state index in [9.17, 15) is 15.2 Å². The number of nitriles is 2. The van der Waals surface area contributed by atoms with Crippen molar-refractivity contribution in [2.45, 2.75) is 19.8 Å². The second kappa shape index (κ2) is 13.6. The third-order valence-electron chi connectivity index (χ3n) is 5.48. The molecule has 0 atom stereocenters. The third-order valence-corrected chi connectivity index (χ3v) is 5.48. The number of nitrogens with zero attached hydrogens (tertiary/aromatic N) is 6. The summed E-state index contributed by atoms with van der Waals surface area (Å²) in [6.07, 6.45) is 0.639. The van der Waals surface area contributed by atoms with Crippen molar-refractivity contribution in [1.82, 2.24) is 5.43 Å². The fourth-order valence-electron chi connectivity index (χ4n) is 3.52. The van der Waals surface area contributed by atoms with E-state index in [1.807, 2.05) is 30.0 Å². The lowest BCUT2D eigenvalue weighted by molar-refractivity contribution is -0.384. The van der Waals surface area contributed by atoms with E-state index >= 15 is 0 Å². The summed E-state index contributed by atoms with van der Waals surface area (Å²) in [6, 6.07) is 24.1. The normalized spacial score (nSPS) is 11.2. The fourth-order valence-corrected chi connectivity index (χ4v) is 3.52. The lowest BCUT2D eigenvalue weighted by Gasteiger charge is -2.24. The highest BCUT2D eigenvalue weighted by atomic mass is 16.6. The lowest BCUT2D eigenvalue weighted by atomic mass is 10.1. The summed E-state index contributed by atoms with van der Waals surface area (Å²) in [6.45, 7) is 2.84. The van der Waals surface area contributed by atoms with Crippen LogP contribution in [0.2, 0.25) is 0 Å². The predicted molar refractivity (Wildman–Crippen MR) is 143 cm³/mol. The first-order valence-corrected chi connectivity index (χ1v) is 11.7. The first-order valence-electron chi connectivity index (χ1n) is 11.7. The number of nitro groups is 1. The maximum absolute atomic E-state index is 12.6. The van der Waals surface area contributed by atoms with Crippen LogP contribution in [0.25, 0.3) is 0 Å². The van der Waals surface area contributed by atoms with Crippen LogP contribution >= 0.6 is 0 Å². The highest BCUT2D eigenvalue weighted by molar-refractivity contribution is 6.01. The average Bonchev–Trinajstić information content (AvgIpc) is 2.94. The monoisotopic (exact) mass is 509 g/mol. The molecule has 0 amide bonds. The Morgan fingerprint density at radius 2 is 1.63 bits per heavy atom. The second-order valence-electron chi connectivity index (χ2n) is 8.07. The number of non-ortho nitro benzene ring substituents is 1. The number of hydrazone groups is 2. The van der Waals surface area contributed by atoms with E-state index in [0.29, 0.717) is 42.7 Å².